The molecule has 2 aromatic rings. The van der Waals surface area contributed by atoms with Gasteiger partial charge in [-0.3, -0.25) is 18.1 Å². The number of aromatic nitrogens is 4. The molecule has 1 aliphatic rings. The van der Waals surface area contributed by atoms with Gasteiger partial charge >= 0.3 is 7.82 Å². The highest BCUT2D eigenvalue weighted by Crippen LogP contribution is 2.50. The minimum atomic E-state index is -3.77. The summed E-state index contributed by atoms with van der Waals surface area (Å²) in [6.45, 7) is 0.874. The van der Waals surface area contributed by atoms with E-state index in [-0.39, 0.29) is 23.4 Å². The molecule has 1 aliphatic heterocycles. The summed E-state index contributed by atoms with van der Waals surface area (Å²) in [6.07, 6.45) is -1.64. The highest BCUT2D eigenvalue weighted by atomic mass is 35.5. The molecule has 4 atom stereocenters. The Hall–Kier alpha value is -1.37. The molecule has 156 valence electrons. The normalized spacial score (nSPS) is 28.3. The van der Waals surface area contributed by atoms with Gasteiger partial charge in [-0.05, 0) is 11.6 Å². The fraction of sp³-hybridized carbons (Fsp3) is 0.643. The average Bonchev–Trinajstić information content (AvgIpc) is 3.20. The molecular weight excluding hydrogens is 417 g/mol. The largest absolute Gasteiger partial charge is 0.474 e. The maximum absolute atomic E-state index is 12.1. The molecule has 0 aliphatic carbocycles. The summed E-state index contributed by atoms with van der Waals surface area (Å²) < 4.78 is 34.1. The Labute approximate surface area is 165 Å². The number of phosphoric acid groups is 1. The number of aliphatic hydroxyl groups is 2. The van der Waals surface area contributed by atoms with E-state index in [2.05, 4.69) is 15.0 Å². The molecule has 1 saturated heterocycles. The SMILES string of the molecule is COP(=O)(OC)OC[C@H]1O[C@@H](n2cnc3c(N)nc(Cl)nc32)[C@](C)(CO)[C@@H]1O. The van der Waals surface area contributed by atoms with E-state index in [1.807, 2.05) is 0 Å². The number of hydrogen-bond donors (Lipinski definition) is 3. The average molecular weight is 438 g/mol. The van der Waals surface area contributed by atoms with Crippen LogP contribution in [0, 0.1) is 5.41 Å². The highest BCUT2D eigenvalue weighted by molar-refractivity contribution is 7.48. The zero-order valence-electron chi connectivity index (χ0n) is 15.4. The van der Waals surface area contributed by atoms with Crippen molar-refractivity contribution in [2.24, 2.45) is 5.41 Å². The van der Waals surface area contributed by atoms with Crippen LogP contribution in [-0.2, 0) is 22.9 Å². The summed E-state index contributed by atoms with van der Waals surface area (Å²) in [5, 5.41) is 20.6. The van der Waals surface area contributed by atoms with Crippen molar-refractivity contribution in [2.75, 3.05) is 33.2 Å². The standard InChI is InChI=1S/C14H21ClN5O7P/c1-14(5-21)9(22)7(4-26-28(23,24-2)25-3)27-12(14)20-6-17-8-10(16)18-13(15)19-11(8)20/h6-7,9,12,21-22H,4-5H2,1-3H3,(H2,16,18,19)/t7-,9-,12-,14-/m1/s1. The Balaban J connectivity index is 1.94. The number of halogens is 1. The Morgan fingerprint density at radius 3 is 2.71 bits per heavy atom. The van der Waals surface area contributed by atoms with Gasteiger partial charge in [0.05, 0.1) is 31.1 Å². The predicted octanol–water partition coefficient (Wildman–Crippen LogP) is 0.736. The van der Waals surface area contributed by atoms with Gasteiger partial charge in [-0.1, -0.05) is 6.92 Å². The molecule has 0 saturated carbocycles. The van der Waals surface area contributed by atoms with Crippen LogP contribution in [-0.4, -0.2) is 69.4 Å². The maximum atomic E-state index is 12.1. The molecule has 3 rings (SSSR count). The van der Waals surface area contributed by atoms with Crippen molar-refractivity contribution in [1.29, 1.82) is 0 Å². The fourth-order valence-electron chi connectivity index (χ4n) is 3.08. The number of nitrogens with zero attached hydrogens (tertiary/aromatic N) is 4. The first kappa shape index (κ1) is 21.3. The molecule has 0 radical (unpaired) electrons. The molecule has 0 amide bonds. The second-order valence-corrected chi connectivity index (χ2v) is 8.67. The van der Waals surface area contributed by atoms with Crippen molar-refractivity contribution in [3.05, 3.63) is 11.6 Å². The van der Waals surface area contributed by atoms with Crippen LogP contribution < -0.4 is 5.73 Å². The minimum Gasteiger partial charge on any atom is -0.396 e. The van der Waals surface area contributed by atoms with Crippen molar-refractivity contribution < 1.29 is 33.1 Å². The van der Waals surface area contributed by atoms with Crippen LogP contribution in [0.1, 0.15) is 13.2 Å². The molecular formula is C14H21ClN5O7P. The third kappa shape index (κ3) is 3.51. The Morgan fingerprint density at radius 1 is 1.43 bits per heavy atom. The van der Waals surface area contributed by atoms with Crippen LogP contribution >= 0.6 is 19.4 Å². The molecule has 0 spiro atoms. The van der Waals surface area contributed by atoms with E-state index in [0.717, 1.165) is 0 Å². The molecule has 4 N–H and O–H groups in total. The Bertz CT molecular complexity index is 906. The van der Waals surface area contributed by atoms with Crippen LogP contribution in [0.3, 0.4) is 0 Å². The predicted molar refractivity (Wildman–Crippen MR) is 97.4 cm³/mol. The van der Waals surface area contributed by atoms with Gasteiger partial charge in [0.2, 0.25) is 5.28 Å². The number of aliphatic hydroxyl groups excluding tert-OH is 2. The third-order valence-electron chi connectivity index (χ3n) is 4.75. The van der Waals surface area contributed by atoms with E-state index in [1.165, 1.54) is 25.1 Å². The summed E-state index contributed by atoms with van der Waals surface area (Å²) in [4.78, 5) is 12.1. The maximum Gasteiger partial charge on any atom is 0.474 e. The van der Waals surface area contributed by atoms with Crippen LogP contribution in [0.4, 0.5) is 5.82 Å². The number of rotatable bonds is 7. The van der Waals surface area contributed by atoms with Gasteiger partial charge < -0.3 is 20.7 Å². The fourth-order valence-corrected chi connectivity index (χ4v) is 3.94. The second kappa shape index (κ2) is 7.81. The van der Waals surface area contributed by atoms with E-state index in [1.54, 1.807) is 6.92 Å². The van der Waals surface area contributed by atoms with Crippen molar-refractivity contribution in [3.63, 3.8) is 0 Å². The van der Waals surface area contributed by atoms with E-state index in [0.29, 0.717) is 5.52 Å². The lowest BCUT2D eigenvalue weighted by molar-refractivity contribution is -0.0596. The molecule has 12 nitrogen and oxygen atoms in total. The number of imidazole rings is 1. The van der Waals surface area contributed by atoms with Gasteiger partial charge in [0.1, 0.15) is 17.8 Å². The summed E-state index contributed by atoms with van der Waals surface area (Å²) in [6, 6.07) is 0. The molecule has 0 bridgehead atoms. The quantitative estimate of drug-likeness (QED) is 0.413. The number of fused-ring (bicyclic) bond motifs is 1. The van der Waals surface area contributed by atoms with Crippen LogP contribution in [0.2, 0.25) is 5.28 Å². The van der Waals surface area contributed by atoms with Crippen molar-refractivity contribution in [2.45, 2.75) is 25.4 Å². The molecule has 28 heavy (non-hydrogen) atoms. The smallest absolute Gasteiger partial charge is 0.396 e. The van der Waals surface area contributed by atoms with Gasteiger partial charge in [-0.2, -0.15) is 9.97 Å². The van der Waals surface area contributed by atoms with Gasteiger partial charge in [0.15, 0.2) is 11.5 Å². The molecule has 2 aromatic heterocycles. The van der Waals surface area contributed by atoms with Crippen LogP contribution in [0.5, 0.6) is 0 Å². The molecule has 14 heteroatoms. The molecule has 0 unspecified atom stereocenters. The third-order valence-corrected chi connectivity index (χ3v) is 6.28. The lowest BCUT2D eigenvalue weighted by atomic mass is 9.83. The first-order valence-electron chi connectivity index (χ1n) is 8.15. The lowest BCUT2D eigenvalue weighted by Gasteiger charge is -2.31. The summed E-state index contributed by atoms with van der Waals surface area (Å²) >= 11 is 5.89. The monoisotopic (exact) mass is 437 g/mol. The van der Waals surface area contributed by atoms with Crippen molar-refractivity contribution in [3.8, 4) is 0 Å². The highest BCUT2D eigenvalue weighted by Gasteiger charge is 2.54. The first-order chi connectivity index (χ1) is 13.2. The number of nitrogen functional groups attached to an aromatic ring is 1. The Morgan fingerprint density at radius 2 is 2.11 bits per heavy atom. The van der Waals surface area contributed by atoms with Crippen LogP contribution in [0.25, 0.3) is 11.2 Å². The number of ether oxygens (including phenoxy) is 1. The van der Waals surface area contributed by atoms with Gasteiger partial charge in [-0.25, -0.2) is 9.55 Å². The molecule has 1 fully saturated rings. The Kier molecular flexibility index (Phi) is 5.95. The summed E-state index contributed by atoms with van der Waals surface area (Å²) in [7, 11) is -1.43. The molecule has 0 aromatic carbocycles. The zero-order chi connectivity index (χ0) is 20.7. The zero-order valence-corrected chi connectivity index (χ0v) is 17.0. The van der Waals surface area contributed by atoms with E-state index >= 15 is 0 Å². The number of phosphoric ester groups is 1. The first-order valence-corrected chi connectivity index (χ1v) is 9.99. The van der Waals surface area contributed by atoms with Gasteiger partial charge in [-0.15, -0.1) is 0 Å². The van der Waals surface area contributed by atoms with Gasteiger partial charge in [0, 0.05) is 14.2 Å². The molecule has 3 heterocycles. The van der Waals surface area contributed by atoms with Crippen LogP contribution in [0.15, 0.2) is 6.33 Å². The van der Waals surface area contributed by atoms with E-state index in [4.69, 9.17) is 35.6 Å². The van der Waals surface area contributed by atoms with Crippen molar-refractivity contribution in [1.82, 2.24) is 19.5 Å². The van der Waals surface area contributed by atoms with E-state index < -0.39 is 38.3 Å². The number of anilines is 1. The van der Waals surface area contributed by atoms with Crippen molar-refractivity contribution >= 4 is 36.4 Å². The topological polar surface area (TPSA) is 164 Å². The summed E-state index contributed by atoms with van der Waals surface area (Å²) in [5.41, 5.74) is 5.22. The lowest BCUT2D eigenvalue weighted by Crippen LogP contribution is -2.41. The van der Waals surface area contributed by atoms with Gasteiger partial charge in [0.25, 0.3) is 0 Å². The number of nitrogens with two attached hydrogens (primary N) is 1. The summed E-state index contributed by atoms with van der Waals surface area (Å²) in [5.74, 6) is 0.0824. The minimum absolute atomic E-state index is 0.0824. The van der Waals surface area contributed by atoms with E-state index in [9.17, 15) is 14.8 Å². The number of hydrogen-bond acceptors (Lipinski definition) is 11. The second-order valence-electron chi connectivity index (χ2n) is 6.45.